The Bertz CT molecular complexity index is 978. The van der Waals surface area contributed by atoms with Gasteiger partial charge in [-0.1, -0.05) is 23.7 Å². The first-order chi connectivity index (χ1) is 16.4. The maximum Gasteiger partial charge on any atom is 0.222 e. The highest BCUT2D eigenvalue weighted by Gasteiger charge is 2.38. The topological polar surface area (TPSA) is 71.0 Å². The van der Waals surface area contributed by atoms with Crippen molar-refractivity contribution in [3.05, 3.63) is 70.2 Å². The fourth-order valence-corrected chi connectivity index (χ4v) is 4.72. The standard InChI is InChI=1S/C25H29ClF2N2O4/c26-18-3-1-16(2-4-18)11-29-25(32)10-21-6-8-23-24(34-21)15-33-14-20(31)13-30(23)12-17-9-19(27)5-7-22(17)28/h1-5,7,9,20-21,23-24,31H,6,8,10-15H2,(H,29,32)/t20-,21-,23+,24-/m1/s1. The summed E-state index contributed by atoms with van der Waals surface area (Å²) >= 11 is 5.89. The van der Waals surface area contributed by atoms with Crippen molar-refractivity contribution in [1.29, 1.82) is 0 Å². The zero-order valence-corrected chi connectivity index (χ0v) is 19.5. The summed E-state index contributed by atoms with van der Waals surface area (Å²) in [6.07, 6.45) is 0.187. The number of fused-ring (bicyclic) bond motifs is 1. The van der Waals surface area contributed by atoms with Crippen molar-refractivity contribution in [2.45, 2.75) is 56.7 Å². The van der Waals surface area contributed by atoms with Crippen LogP contribution in [0.4, 0.5) is 8.78 Å². The van der Waals surface area contributed by atoms with Crippen LogP contribution in [0.1, 0.15) is 30.4 Å². The lowest BCUT2D eigenvalue weighted by atomic mass is 9.94. The molecular formula is C25H29ClF2N2O4. The Morgan fingerprint density at radius 1 is 1.15 bits per heavy atom. The summed E-state index contributed by atoms with van der Waals surface area (Å²) in [5, 5.41) is 13.8. The molecule has 4 atom stereocenters. The minimum Gasteiger partial charge on any atom is -0.389 e. The van der Waals surface area contributed by atoms with Crippen LogP contribution in [0.25, 0.3) is 0 Å². The van der Waals surface area contributed by atoms with Gasteiger partial charge in [-0.2, -0.15) is 0 Å². The monoisotopic (exact) mass is 494 g/mol. The second-order valence-corrected chi connectivity index (χ2v) is 9.34. The highest BCUT2D eigenvalue weighted by molar-refractivity contribution is 6.30. The summed E-state index contributed by atoms with van der Waals surface area (Å²) < 4.78 is 39.8. The molecule has 0 unspecified atom stereocenters. The van der Waals surface area contributed by atoms with E-state index in [9.17, 15) is 18.7 Å². The molecule has 0 aromatic heterocycles. The predicted octanol–water partition coefficient (Wildman–Crippen LogP) is 3.43. The van der Waals surface area contributed by atoms with Gasteiger partial charge in [0.15, 0.2) is 0 Å². The van der Waals surface area contributed by atoms with Gasteiger partial charge in [0.1, 0.15) is 11.6 Å². The van der Waals surface area contributed by atoms with Crippen LogP contribution < -0.4 is 5.32 Å². The number of amides is 1. The largest absolute Gasteiger partial charge is 0.389 e. The van der Waals surface area contributed by atoms with E-state index < -0.39 is 17.7 Å². The molecule has 4 rings (SSSR count). The number of aliphatic hydroxyl groups is 1. The third-order valence-corrected chi connectivity index (χ3v) is 6.54. The number of carbonyl (C=O) groups excluding carboxylic acids is 1. The third-order valence-electron chi connectivity index (χ3n) is 6.28. The Morgan fingerprint density at radius 2 is 1.94 bits per heavy atom. The maximum absolute atomic E-state index is 14.3. The smallest absolute Gasteiger partial charge is 0.222 e. The molecule has 2 aliphatic rings. The van der Waals surface area contributed by atoms with E-state index in [1.165, 1.54) is 6.07 Å². The second-order valence-electron chi connectivity index (χ2n) is 8.91. The van der Waals surface area contributed by atoms with Crippen LogP contribution in [-0.4, -0.2) is 60.0 Å². The van der Waals surface area contributed by atoms with E-state index in [0.717, 1.165) is 17.7 Å². The molecule has 34 heavy (non-hydrogen) atoms. The van der Waals surface area contributed by atoms with Crippen molar-refractivity contribution in [1.82, 2.24) is 10.2 Å². The molecule has 2 aliphatic heterocycles. The van der Waals surface area contributed by atoms with Crippen LogP contribution in [0.5, 0.6) is 0 Å². The number of nitrogens with one attached hydrogen (secondary N) is 1. The van der Waals surface area contributed by atoms with Gasteiger partial charge in [0.2, 0.25) is 5.91 Å². The summed E-state index contributed by atoms with van der Waals surface area (Å²) in [6, 6.07) is 10.5. The van der Waals surface area contributed by atoms with E-state index in [-0.39, 0.29) is 62.4 Å². The Labute approximate surface area is 202 Å². The van der Waals surface area contributed by atoms with E-state index in [2.05, 4.69) is 5.32 Å². The second kappa shape index (κ2) is 11.6. The molecule has 6 nitrogen and oxygen atoms in total. The molecule has 184 valence electrons. The molecule has 1 amide bonds. The SMILES string of the molecule is O=C(C[C@H]1CC[C@H]2[C@@H](COC[C@H](O)CN2Cc2cc(F)ccc2F)O1)NCc1ccc(Cl)cc1. The van der Waals surface area contributed by atoms with Crippen LogP contribution in [0, 0.1) is 11.6 Å². The van der Waals surface area contributed by atoms with Crippen molar-refractivity contribution < 1.29 is 28.2 Å². The van der Waals surface area contributed by atoms with Gasteiger partial charge in [-0.3, -0.25) is 9.69 Å². The van der Waals surface area contributed by atoms with Crippen LogP contribution in [0.15, 0.2) is 42.5 Å². The normalized spacial score (nSPS) is 25.8. The Balaban J connectivity index is 1.36. The first-order valence-electron chi connectivity index (χ1n) is 11.5. The van der Waals surface area contributed by atoms with Gasteiger partial charge in [-0.25, -0.2) is 8.78 Å². The van der Waals surface area contributed by atoms with Gasteiger partial charge >= 0.3 is 0 Å². The number of ether oxygens (including phenoxy) is 2. The number of hydrogen-bond acceptors (Lipinski definition) is 5. The number of benzene rings is 2. The van der Waals surface area contributed by atoms with E-state index >= 15 is 0 Å². The molecule has 0 saturated carbocycles. The van der Waals surface area contributed by atoms with Crippen LogP contribution >= 0.6 is 11.6 Å². The van der Waals surface area contributed by atoms with Gasteiger partial charge in [-0.05, 0) is 48.7 Å². The summed E-state index contributed by atoms with van der Waals surface area (Å²) in [5.41, 5.74) is 1.19. The molecule has 2 fully saturated rings. The van der Waals surface area contributed by atoms with Gasteiger partial charge < -0.3 is 19.9 Å². The van der Waals surface area contributed by atoms with E-state index in [0.29, 0.717) is 24.4 Å². The summed E-state index contributed by atoms with van der Waals surface area (Å²) in [7, 11) is 0. The highest BCUT2D eigenvalue weighted by atomic mass is 35.5. The molecule has 0 spiro atoms. The van der Waals surface area contributed by atoms with Crippen molar-refractivity contribution in [3.8, 4) is 0 Å². The van der Waals surface area contributed by atoms with E-state index in [4.69, 9.17) is 21.1 Å². The van der Waals surface area contributed by atoms with Gasteiger partial charge in [0.05, 0.1) is 37.9 Å². The fraction of sp³-hybridized carbons (Fsp3) is 0.480. The molecule has 2 aromatic rings. The first-order valence-corrected chi connectivity index (χ1v) is 11.9. The number of aliphatic hydroxyl groups excluding tert-OH is 1. The Kier molecular flexibility index (Phi) is 8.50. The molecule has 2 aromatic carbocycles. The minimum atomic E-state index is -0.742. The number of nitrogens with zero attached hydrogens (tertiary/aromatic N) is 1. The predicted molar refractivity (Wildman–Crippen MR) is 123 cm³/mol. The van der Waals surface area contributed by atoms with Crippen LogP contribution in [0.3, 0.4) is 0 Å². The molecule has 2 saturated heterocycles. The summed E-state index contributed by atoms with van der Waals surface area (Å²) in [4.78, 5) is 14.4. The maximum atomic E-state index is 14.3. The van der Waals surface area contributed by atoms with Crippen molar-refractivity contribution in [3.63, 3.8) is 0 Å². The average molecular weight is 495 g/mol. The zero-order chi connectivity index (χ0) is 24.1. The number of hydrogen-bond donors (Lipinski definition) is 2. The average Bonchev–Trinajstić information content (AvgIpc) is 2.80. The van der Waals surface area contributed by atoms with Gasteiger partial charge in [0.25, 0.3) is 0 Å². The Morgan fingerprint density at radius 3 is 2.74 bits per heavy atom. The van der Waals surface area contributed by atoms with Crippen LogP contribution in [-0.2, 0) is 27.4 Å². The molecule has 2 N–H and O–H groups in total. The molecule has 0 bridgehead atoms. The van der Waals surface area contributed by atoms with Crippen molar-refractivity contribution in [2.75, 3.05) is 19.8 Å². The minimum absolute atomic E-state index is 0.112. The van der Waals surface area contributed by atoms with E-state index in [1.807, 2.05) is 17.0 Å². The zero-order valence-electron chi connectivity index (χ0n) is 18.8. The molecule has 2 heterocycles. The summed E-state index contributed by atoms with van der Waals surface area (Å²) in [5.74, 6) is -1.11. The molecular weight excluding hydrogens is 466 g/mol. The number of rotatable bonds is 6. The first kappa shape index (κ1) is 25.0. The molecule has 0 radical (unpaired) electrons. The fourth-order valence-electron chi connectivity index (χ4n) is 4.59. The lowest BCUT2D eigenvalue weighted by molar-refractivity contribution is -0.158. The number of β-amino-alcohol motifs (C(OH)–C–C–N with tert-alkyl or cyclic N) is 1. The van der Waals surface area contributed by atoms with E-state index in [1.54, 1.807) is 12.1 Å². The quantitative estimate of drug-likeness (QED) is 0.644. The van der Waals surface area contributed by atoms with Gasteiger partial charge in [-0.15, -0.1) is 0 Å². The van der Waals surface area contributed by atoms with Gasteiger partial charge in [0, 0.05) is 36.3 Å². The number of carbonyl (C=O) groups is 1. The summed E-state index contributed by atoms with van der Waals surface area (Å²) in [6.45, 7) is 1.20. The Hall–Kier alpha value is -2.10. The van der Waals surface area contributed by atoms with Crippen molar-refractivity contribution in [2.24, 2.45) is 0 Å². The van der Waals surface area contributed by atoms with Crippen LogP contribution in [0.2, 0.25) is 5.02 Å². The lowest BCUT2D eigenvalue weighted by Gasteiger charge is -2.44. The van der Waals surface area contributed by atoms with Crippen molar-refractivity contribution >= 4 is 17.5 Å². The lowest BCUT2D eigenvalue weighted by Crippen LogP contribution is -2.55. The molecule has 0 aliphatic carbocycles. The third kappa shape index (κ3) is 6.73. The number of halogens is 3. The highest BCUT2D eigenvalue weighted by Crippen LogP contribution is 2.29. The molecule has 9 heteroatoms.